The molecule has 0 saturated heterocycles. The summed E-state index contributed by atoms with van der Waals surface area (Å²) >= 11 is 0. The van der Waals surface area contributed by atoms with E-state index in [0.29, 0.717) is 0 Å². The highest BCUT2D eigenvalue weighted by Crippen LogP contribution is 2.02. The third-order valence-corrected chi connectivity index (χ3v) is 1.24. The van der Waals surface area contributed by atoms with E-state index in [1.807, 2.05) is 19.1 Å². The fraction of sp³-hybridized carbons (Fsp3) is 0.182. The minimum atomic E-state index is 0. The van der Waals surface area contributed by atoms with Crippen LogP contribution in [0.4, 0.5) is 5.69 Å². The Hall–Kier alpha value is -2.01. The molecule has 1 aromatic rings. The van der Waals surface area contributed by atoms with E-state index in [0.717, 1.165) is 11.4 Å². The van der Waals surface area contributed by atoms with Gasteiger partial charge in [-0.25, -0.2) is 0 Å². The molecule has 0 atom stereocenters. The van der Waals surface area contributed by atoms with Gasteiger partial charge in [-0.15, -0.1) is 6.42 Å². The zero-order valence-corrected chi connectivity index (χ0v) is 9.25. The molecule has 0 bridgehead atoms. The van der Waals surface area contributed by atoms with Gasteiger partial charge in [0.1, 0.15) is 0 Å². The number of nitrogen functional groups attached to an aromatic ring is 1. The highest BCUT2D eigenvalue weighted by molar-refractivity contribution is 5.40. The summed E-state index contributed by atoms with van der Waals surface area (Å²) in [5, 5.41) is 0. The lowest BCUT2D eigenvalue weighted by atomic mass is 10.3. The van der Waals surface area contributed by atoms with Crippen LogP contribution < -0.4 is 18.0 Å². The van der Waals surface area contributed by atoms with Gasteiger partial charge < -0.3 is 18.0 Å². The molecular formula is C11H18N4. The fourth-order valence-corrected chi connectivity index (χ4v) is 0.569. The molecule has 0 aliphatic heterocycles. The van der Waals surface area contributed by atoms with Crippen molar-refractivity contribution in [3.8, 4) is 24.2 Å². The molecule has 1 aromatic heterocycles. The standard InChI is InChI=1S/C6H8N2.C5H4.2H3N/c1-5-6(7)3-2-4-8-5;1-3-5-4-2;;/h2-4H,7H2,1H3;1H,2H3;2*1H3. The Balaban J connectivity index is -0.000000185. The van der Waals surface area contributed by atoms with E-state index in [4.69, 9.17) is 12.2 Å². The molecule has 82 valence electrons. The van der Waals surface area contributed by atoms with Gasteiger partial charge in [-0.2, -0.15) is 0 Å². The zero-order chi connectivity index (χ0) is 10.1. The number of hydrogen-bond donors (Lipinski definition) is 3. The first-order valence-corrected chi connectivity index (χ1v) is 3.76. The molecular weight excluding hydrogens is 188 g/mol. The number of terminal acetylenes is 1. The average molecular weight is 206 g/mol. The number of nitrogens with zero attached hydrogens (tertiary/aromatic N) is 1. The lowest BCUT2D eigenvalue weighted by molar-refractivity contribution is 1.21. The summed E-state index contributed by atoms with van der Waals surface area (Å²) in [6.07, 6.45) is 6.44. The Morgan fingerprint density at radius 3 is 2.20 bits per heavy atom. The predicted molar refractivity (Wildman–Crippen MR) is 65.7 cm³/mol. The van der Waals surface area contributed by atoms with Crippen molar-refractivity contribution >= 4 is 5.69 Å². The molecule has 1 heterocycles. The van der Waals surface area contributed by atoms with Crippen LogP contribution in [-0.4, -0.2) is 4.98 Å². The van der Waals surface area contributed by atoms with E-state index in [2.05, 4.69) is 22.7 Å². The maximum Gasteiger partial charge on any atom is 0.0601 e. The fourth-order valence-electron chi connectivity index (χ4n) is 0.569. The second kappa shape index (κ2) is 12.0. The highest BCUT2D eigenvalue weighted by Gasteiger charge is 1.86. The lowest BCUT2D eigenvalue weighted by Crippen LogP contribution is -1.89. The van der Waals surface area contributed by atoms with Crippen LogP contribution in [0.15, 0.2) is 18.3 Å². The van der Waals surface area contributed by atoms with E-state index >= 15 is 0 Å². The molecule has 0 aromatic carbocycles. The molecule has 1 rings (SSSR count). The molecule has 4 heteroatoms. The molecule has 4 nitrogen and oxygen atoms in total. The maximum absolute atomic E-state index is 5.46. The molecule has 0 spiro atoms. The van der Waals surface area contributed by atoms with Crippen LogP contribution in [0.1, 0.15) is 12.6 Å². The largest absolute Gasteiger partial charge is 0.397 e. The van der Waals surface area contributed by atoms with E-state index in [-0.39, 0.29) is 12.3 Å². The predicted octanol–water partition coefficient (Wildman–Crippen LogP) is 1.94. The van der Waals surface area contributed by atoms with Crippen LogP contribution in [0, 0.1) is 31.1 Å². The van der Waals surface area contributed by atoms with Gasteiger partial charge in [0.15, 0.2) is 0 Å². The number of anilines is 1. The van der Waals surface area contributed by atoms with Crippen molar-refractivity contribution in [2.24, 2.45) is 0 Å². The van der Waals surface area contributed by atoms with Crippen LogP contribution in [0.25, 0.3) is 0 Å². The van der Waals surface area contributed by atoms with Crippen LogP contribution in [-0.2, 0) is 0 Å². The van der Waals surface area contributed by atoms with Crippen molar-refractivity contribution < 1.29 is 0 Å². The second-order valence-corrected chi connectivity index (χ2v) is 2.20. The van der Waals surface area contributed by atoms with Crippen molar-refractivity contribution in [2.75, 3.05) is 5.73 Å². The molecule has 8 N–H and O–H groups in total. The number of rotatable bonds is 0. The summed E-state index contributed by atoms with van der Waals surface area (Å²) < 4.78 is 0. The summed E-state index contributed by atoms with van der Waals surface area (Å²) in [6.45, 7) is 3.59. The van der Waals surface area contributed by atoms with Crippen LogP contribution in [0.2, 0.25) is 0 Å². The lowest BCUT2D eigenvalue weighted by Gasteiger charge is -1.92. The molecule has 0 amide bonds. The summed E-state index contributed by atoms with van der Waals surface area (Å²) in [4.78, 5) is 3.95. The van der Waals surface area contributed by atoms with Gasteiger partial charge in [-0.3, -0.25) is 4.98 Å². The van der Waals surface area contributed by atoms with Gasteiger partial charge in [0.2, 0.25) is 0 Å². The molecule has 0 saturated carbocycles. The third-order valence-electron chi connectivity index (χ3n) is 1.24. The first-order valence-electron chi connectivity index (χ1n) is 3.76. The van der Waals surface area contributed by atoms with Crippen molar-refractivity contribution in [3.05, 3.63) is 24.0 Å². The molecule has 0 unspecified atom stereocenters. The molecule has 0 aliphatic carbocycles. The first-order chi connectivity index (χ1) is 6.22. The quantitative estimate of drug-likeness (QED) is 0.563. The monoisotopic (exact) mass is 206 g/mol. The van der Waals surface area contributed by atoms with Gasteiger partial charge in [0.05, 0.1) is 11.4 Å². The molecule has 0 fully saturated rings. The van der Waals surface area contributed by atoms with Crippen molar-refractivity contribution in [1.29, 1.82) is 0 Å². The Labute approximate surface area is 91.5 Å². The van der Waals surface area contributed by atoms with Crippen LogP contribution in [0.3, 0.4) is 0 Å². The van der Waals surface area contributed by atoms with Crippen molar-refractivity contribution in [1.82, 2.24) is 17.3 Å². The molecule has 0 aliphatic rings. The van der Waals surface area contributed by atoms with Gasteiger partial charge in [-0.05, 0) is 37.8 Å². The van der Waals surface area contributed by atoms with E-state index in [1.54, 1.807) is 13.1 Å². The van der Waals surface area contributed by atoms with E-state index in [9.17, 15) is 0 Å². The second-order valence-electron chi connectivity index (χ2n) is 2.20. The first kappa shape index (κ1) is 18.7. The Kier molecular flexibility index (Phi) is 15.0. The van der Waals surface area contributed by atoms with Gasteiger partial charge in [0, 0.05) is 6.20 Å². The van der Waals surface area contributed by atoms with E-state index in [1.165, 1.54) is 0 Å². The topological polar surface area (TPSA) is 109 Å². The highest BCUT2D eigenvalue weighted by atomic mass is 14.7. The van der Waals surface area contributed by atoms with Crippen LogP contribution >= 0.6 is 0 Å². The van der Waals surface area contributed by atoms with Gasteiger partial charge in [-0.1, -0.05) is 5.92 Å². The minimum absolute atomic E-state index is 0. The van der Waals surface area contributed by atoms with Crippen LogP contribution in [0.5, 0.6) is 0 Å². The summed E-state index contributed by atoms with van der Waals surface area (Å²) in [6, 6.07) is 3.66. The number of nitrogens with two attached hydrogens (primary N) is 1. The molecule has 0 radical (unpaired) electrons. The molecule has 15 heavy (non-hydrogen) atoms. The van der Waals surface area contributed by atoms with Crippen molar-refractivity contribution in [3.63, 3.8) is 0 Å². The zero-order valence-electron chi connectivity index (χ0n) is 9.25. The SMILES string of the molecule is C#CC#CC.Cc1ncccc1N.N.N. The summed E-state index contributed by atoms with van der Waals surface area (Å²) in [7, 11) is 0. The summed E-state index contributed by atoms with van der Waals surface area (Å²) in [5.74, 6) is 7.08. The number of aryl methyl sites for hydroxylation is 1. The Bertz CT molecular complexity index is 334. The maximum atomic E-state index is 5.46. The van der Waals surface area contributed by atoms with Gasteiger partial charge in [0.25, 0.3) is 0 Å². The van der Waals surface area contributed by atoms with Gasteiger partial charge >= 0.3 is 0 Å². The third kappa shape index (κ3) is 9.91. The number of pyridine rings is 1. The Morgan fingerprint density at radius 2 is 2.00 bits per heavy atom. The minimum Gasteiger partial charge on any atom is -0.397 e. The normalized spacial score (nSPS) is 5.93. The summed E-state index contributed by atoms with van der Waals surface area (Å²) in [5.41, 5.74) is 7.11. The number of aromatic nitrogens is 1. The van der Waals surface area contributed by atoms with Crippen molar-refractivity contribution in [2.45, 2.75) is 13.8 Å². The van der Waals surface area contributed by atoms with E-state index < -0.39 is 0 Å². The average Bonchev–Trinajstić information content (AvgIpc) is 2.13. The smallest absolute Gasteiger partial charge is 0.0601 e. The number of hydrogen-bond acceptors (Lipinski definition) is 4. The Morgan fingerprint density at radius 1 is 1.40 bits per heavy atom.